The van der Waals surface area contributed by atoms with Crippen molar-refractivity contribution in [3.05, 3.63) is 52.6 Å². The molecule has 2 heterocycles. The number of allylic oxidation sites excluding steroid dienone is 1. The predicted octanol–water partition coefficient (Wildman–Crippen LogP) is 1.50. The molecule has 0 aromatic heterocycles. The minimum absolute atomic E-state index is 0.0856. The van der Waals surface area contributed by atoms with Crippen molar-refractivity contribution in [2.24, 2.45) is 5.73 Å². The van der Waals surface area contributed by atoms with Crippen LogP contribution in [0, 0.1) is 0 Å². The first kappa shape index (κ1) is 19.5. The summed E-state index contributed by atoms with van der Waals surface area (Å²) in [7, 11) is 2.74. The van der Waals surface area contributed by atoms with Gasteiger partial charge in [-0.05, 0) is 26.8 Å². The highest BCUT2D eigenvalue weighted by Crippen LogP contribution is 2.54. The third-order valence-corrected chi connectivity index (χ3v) is 4.84. The second-order valence-electron chi connectivity index (χ2n) is 6.85. The molecule has 2 aliphatic rings. The Morgan fingerprint density at radius 3 is 2.43 bits per heavy atom. The first-order valence-corrected chi connectivity index (χ1v) is 8.74. The van der Waals surface area contributed by atoms with Gasteiger partial charge in [-0.15, -0.1) is 0 Å². The van der Waals surface area contributed by atoms with Crippen LogP contribution in [0.1, 0.15) is 26.3 Å². The van der Waals surface area contributed by atoms with E-state index in [0.29, 0.717) is 11.3 Å². The minimum Gasteiger partial charge on any atom is -0.465 e. The number of rotatable bonds is 3. The number of para-hydroxylation sites is 1. The lowest BCUT2D eigenvalue weighted by Crippen LogP contribution is -2.50. The van der Waals surface area contributed by atoms with E-state index in [0.717, 1.165) is 0 Å². The van der Waals surface area contributed by atoms with Crippen LogP contribution in [-0.2, 0) is 34.0 Å². The van der Waals surface area contributed by atoms with Crippen LogP contribution in [0.25, 0.3) is 0 Å². The molecule has 8 nitrogen and oxygen atoms in total. The van der Waals surface area contributed by atoms with Gasteiger partial charge in [-0.2, -0.15) is 0 Å². The van der Waals surface area contributed by atoms with E-state index in [-0.39, 0.29) is 22.8 Å². The number of likely N-dealkylation sites (N-methyl/N-ethyl adjacent to an activating group) is 1. The van der Waals surface area contributed by atoms with E-state index in [9.17, 15) is 14.4 Å². The van der Waals surface area contributed by atoms with E-state index < -0.39 is 29.4 Å². The number of hydrogen-bond donors (Lipinski definition) is 1. The number of ether oxygens (including phenoxy) is 3. The fraction of sp³-hybridized carbons (Fsp3) is 0.350. The first-order valence-electron chi connectivity index (χ1n) is 8.74. The van der Waals surface area contributed by atoms with Crippen LogP contribution < -0.4 is 10.6 Å². The van der Waals surface area contributed by atoms with Gasteiger partial charge in [0.05, 0.1) is 13.2 Å². The number of amides is 1. The summed E-state index contributed by atoms with van der Waals surface area (Å²) in [4.78, 5) is 40.7. The van der Waals surface area contributed by atoms with Crippen molar-refractivity contribution in [2.45, 2.75) is 32.3 Å². The summed E-state index contributed by atoms with van der Waals surface area (Å²) in [6.45, 7) is 4.88. The fourth-order valence-corrected chi connectivity index (χ4v) is 3.81. The zero-order valence-electron chi connectivity index (χ0n) is 16.4. The number of carbonyl (C=O) groups excluding carboxylic acids is 3. The number of fused-ring (bicyclic) bond motifs is 2. The molecule has 2 aliphatic heterocycles. The zero-order valence-corrected chi connectivity index (χ0v) is 16.4. The van der Waals surface area contributed by atoms with Crippen LogP contribution in [0.3, 0.4) is 0 Å². The van der Waals surface area contributed by atoms with E-state index in [2.05, 4.69) is 0 Å². The third kappa shape index (κ3) is 2.48. The molecule has 8 heteroatoms. The predicted molar refractivity (Wildman–Crippen MR) is 99.8 cm³/mol. The van der Waals surface area contributed by atoms with Crippen molar-refractivity contribution >= 4 is 23.5 Å². The smallest absolute Gasteiger partial charge is 0.340 e. The average molecular weight is 386 g/mol. The lowest BCUT2D eigenvalue weighted by molar-refractivity contribution is -0.145. The van der Waals surface area contributed by atoms with E-state index in [1.54, 1.807) is 45.2 Å². The molecule has 2 N–H and O–H groups in total. The van der Waals surface area contributed by atoms with E-state index in [1.165, 1.54) is 18.9 Å². The van der Waals surface area contributed by atoms with Gasteiger partial charge in [0, 0.05) is 18.3 Å². The Kier molecular flexibility index (Phi) is 4.66. The van der Waals surface area contributed by atoms with Gasteiger partial charge in [-0.3, -0.25) is 4.79 Å². The van der Waals surface area contributed by atoms with Crippen LogP contribution in [0.15, 0.2) is 47.1 Å². The van der Waals surface area contributed by atoms with Crippen LogP contribution >= 0.6 is 0 Å². The standard InChI is InChI=1S/C20H22N2O6/c1-10(2)27-18(24)14-11(3)28-16(21)15(17(23)26-5)20(14)12-8-6-7-9-13(12)22(4)19(20)25/h6-10H,21H2,1-5H3. The number of hydrogen-bond acceptors (Lipinski definition) is 7. The van der Waals surface area contributed by atoms with Gasteiger partial charge in [-0.1, -0.05) is 18.2 Å². The number of benzene rings is 1. The molecular formula is C20H22N2O6. The van der Waals surface area contributed by atoms with Crippen molar-refractivity contribution in [3.63, 3.8) is 0 Å². The van der Waals surface area contributed by atoms with Crippen molar-refractivity contribution < 1.29 is 28.6 Å². The molecule has 1 aromatic carbocycles. The molecule has 1 aromatic rings. The highest BCUT2D eigenvalue weighted by molar-refractivity contribution is 6.22. The van der Waals surface area contributed by atoms with Gasteiger partial charge in [0.15, 0.2) is 0 Å². The van der Waals surface area contributed by atoms with Gasteiger partial charge < -0.3 is 24.8 Å². The number of carbonyl (C=O) groups is 3. The monoisotopic (exact) mass is 386 g/mol. The topological polar surface area (TPSA) is 108 Å². The normalized spacial score (nSPS) is 21.2. The van der Waals surface area contributed by atoms with E-state index >= 15 is 0 Å². The van der Waals surface area contributed by atoms with Crippen LogP contribution in [0.4, 0.5) is 5.69 Å². The third-order valence-electron chi connectivity index (χ3n) is 4.84. The van der Waals surface area contributed by atoms with E-state index in [1.807, 2.05) is 0 Å². The first-order chi connectivity index (χ1) is 13.2. The molecule has 0 saturated carbocycles. The summed E-state index contributed by atoms with van der Waals surface area (Å²) in [6, 6.07) is 6.88. The molecular weight excluding hydrogens is 364 g/mol. The number of anilines is 1. The van der Waals surface area contributed by atoms with Crippen molar-refractivity contribution in [1.29, 1.82) is 0 Å². The highest BCUT2D eigenvalue weighted by Gasteiger charge is 2.63. The lowest BCUT2D eigenvalue weighted by Gasteiger charge is -2.36. The average Bonchev–Trinajstić information content (AvgIpc) is 2.84. The molecule has 0 aliphatic carbocycles. The summed E-state index contributed by atoms with van der Waals surface area (Å²) >= 11 is 0. The molecule has 0 fully saturated rings. The summed E-state index contributed by atoms with van der Waals surface area (Å²) in [5.74, 6) is -2.34. The van der Waals surface area contributed by atoms with Gasteiger partial charge in [0.1, 0.15) is 22.3 Å². The van der Waals surface area contributed by atoms with Gasteiger partial charge >= 0.3 is 11.9 Å². The minimum atomic E-state index is -1.81. The Labute approximate surface area is 162 Å². The summed E-state index contributed by atoms with van der Waals surface area (Å²) < 4.78 is 15.8. The SMILES string of the molecule is COC(=O)C1=C(N)OC(C)=C(C(=O)OC(C)C)C12C(=O)N(C)c1ccccc12. The van der Waals surface area contributed by atoms with Crippen molar-refractivity contribution in [1.82, 2.24) is 0 Å². The number of esters is 2. The highest BCUT2D eigenvalue weighted by atomic mass is 16.5. The van der Waals surface area contributed by atoms with Gasteiger partial charge in [0.2, 0.25) is 11.8 Å². The number of nitrogens with two attached hydrogens (primary N) is 1. The van der Waals surface area contributed by atoms with Gasteiger partial charge in [-0.25, -0.2) is 9.59 Å². The van der Waals surface area contributed by atoms with Crippen LogP contribution in [0.5, 0.6) is 0 Å². The van der Waals surface area contributed by atoms with Gasteiger partial charge in [0.25, 0.3) is 0 Å². The summed E-state index contributed by atoms with van der Waals surface area (Å²) in [5, 5.41) is 0. The van der Waals surface area contributed by atoms with Crippen LogP contribution in [-0.4, -0.2) is 38.1 Å². The Morgan fingerprint density at radius 2 is 1.82 bits per heavy atom. The van der Waals surface area contributed by atoms with Crippen molar-refractivity contribution in [2.75, 3.05) is 19.1 Å². The maximum Gasteiger partial charge on any atom is 0.340 e. The molecule has 1 unspecified atom stereocenters. The fourth-order valence-electron chi connectivity index (χ4n) is 3.81. The number of nitrogens with zero attached hydrogens (tertiary/aromatic N) is 1. The Hall–Kier alpha value is -3.29. The lowest BCUT2D eigenvalue weighted by atomic mass is 9.67. The second-order valence-corrected chi connectivity index (χ2v) is 6.85. The van der Waals surface area contributed by atoms with E-state index in [4.69, 9.17) is 19.9 Å². The maximum atomic E-state index is 13.6. The Balaban J connectivity index is 2.42. The molecule has 1 spiro atoms. The summed E-state index contributed by atoms with van der Waals surface area (Å²) in [5.41, 5.74) is 4.88. The molecule has 1 atom stereocenters. The Morgan fingerprint density at radius 1 is 1.18 bits per heavy atom. The Bertz CT molecular complexity index is 946. The second kappa shape index (κ2) is 6.70. The van der Waals surface area contributed by atoms with Crippen LogP contribution in [0.2, 0.25) is 0 Å². The molecule has 0 bridgehead atoms. The quantitative estimate of drug-likeness (QED) is 0.784. The zero-order chi connectivity index (χ0) is 20.8. The van der Waals surface area contributed by atoms with Crippen molar-refractivity contribution in [3.8, 4) is 0 Å². The molecule has 28 heavy (non-hydrogen) atoms. The molecule has 0 saturated heterocycles. The molecule has 3 rings (SSSR count). The summed E-state index contributed by atoms with van der Waals surface area (Å²) in [6.07, 6.45) is -0.445. The largest absolute Gasteiger partial charge is 0.465 e. The maximum absolute atomic E-state index is 13.6. The molecule has 1 amide bonds. The molecule has 0 radical (unpaired) electrons. The molecule has 148 valence electrons. The number of methoxy groups -OCH3 is 1.